The van der Waals surface area contributed by atoms with Gasteiger partial charge in [0.15, 0.2) is 4.80 Å². The number of thiazole rings is 1. The average molecular weight is 455 g/mol. The van der Waals surface area contributed by atoms with Gasteiger partial charge >= 0.3 is 5.97 Å². The molecule has 0 saturated heterocycles. The molecule has 8 heteroatoms. The molecule has 1 aliphatic heterocycles. The first kappa shape index (κ1) is 21.1. The number of carbonyl (C=O) groups is 1. The fraction of sp³-hybridized carbons (Fsp3) is 0.174. The van der Waals surface area contributed by atoms with Crippen LogP contribution in [0.15, 0.2) is 69.6 Å². The summed E-state index contributed by atoms with van der Waals surface area (Å²) >= 11 is 7.53. The van der Waals surface area contributed by atoms with E-state index in [9.17, 15) is 9.59 Å². The molecule has 0 radical (unpaired) electrons. The largest absolute Gasteiger partial charge is 0.497 e. The van der Waals surface area contributed by atoms with Crippen LogP contribution in [-0.4, -0.2) is 24.8 Å². The van der Waals surface area contributed by atoms with E-state index in [2.05, 4.69) is 4.99 Å². The number of aromatic nitrogens is 1. The molecule has 0 bridgehead atoms. The Morgan fingerprint density at radius 2 is 1.87 bits per heavy atom. The number of esters is 1. The summed E-state index contributed by atoms with van der Waals surface area (Å²) in [6.07, 6.45) is 1.74. The first-order valence-corrected chi connectivity index (χ1v) is 10.6. The lowest BCUT2D eigenvalue weighted by Crippen LogP contribution is -2.39. The van der Waals surface area contributed by atoms with Crippen molar-refractivity contribution < 1.29 is 14.3 Å². The van der Waals surface area contributed by atoms with Gasteiger partial charge in [-0.3, -0.25) is 9.36 Å². The van der Waals surface area contributed by atoms with Gasteiger partial charge in [-0.15, -0.1) is 0 Å². The van der Waals surface area contributed by atoms with Gasteiger partial charge in [-0.2, -0.15) is 0 Å². The van der Waals surface area contributed by atoms with Crippen LogP contribution in [0.1, 0.15) is 24.1 Å². The molecule has 31 heavy (non-hydrogen) atoms. The third-order valence-electron chi connectivity index (χ3n) is 5.05. The molecule has 2 heterocycles. The Morgan fingerprint density at radius 3 is 2.52 bits per heavy atom. The Hall–Kier alpha value is -3.16. The highest BCUT2D eigenvalue weighted by Crippen LogP contribution is 2.31. The normalized spacial score (nSPS) is 16.0. The van der Waals surface area contributed by atoms with Gasteiger partial charge in [0.1, 0.15) is 5.75 Å². The van der Waals surface area contributed by atoms with E-state index in [1.165, 1.54) is 23.0 Å². The predicted octanol–water partition coefficient (Wildman–Crippen LogP) is 3.07. The lowest BCUT2D eigenvalue weighted by atomic mass is 9.96. The number of allylic oxidation sites excluding steroid dienone is 1. The summed E-state index contributed by atoms with van der Waals surface area (Å²) in [6.45, 7) is 1.74. The number of nitrogens with zero attached hydrogens (tertiary/aromatic N) is 2. The van der Waals surface area contributed by atoms with Crippen molar-refractivity contribution in [3.63, 3.8) is 0 Å². The summed E-state index contributed by atoms with van der Waals surface area (Å²) in [5.74, 6) is 0.151. The molecule has 0 N–H and O–H groups in total. The minimum atomic E-state index is -0.664. The van der Waals surface area contributed by atoms with Crippen LogP contribution in [0.25, 0.3) is 6.08 Å². The van der Waals surface area contributed by atoms with Gasteiger partial charge in [-0.25, -0.2) is 9.79 Å². The van der Waals surface area contributed by atoms with Crippen LogP contribution >= 0.6 is 22.9 Å². The van der Waals surface area contributed by atoms with Gasteiger partial charge in [-0.05, 0) is 42.3 Å². The van der Waals surface area contributed by atoms with Crippen molar-refractivity contribution in [1.82, 2.24) is 4.57 Å². The summed E-state index contributed by atoms with van der Waals surface area (Å²) in [7, 11) is 2.90. The molecule has 0 saturated carbocycles. The topological polar surface area (TPSA) is 69.9 Å². The smallest absolute Gasteiger partial charge is 0.338 e. The van der Waals surface area contributed by atoms with E-state index in [1.54, 1.807) is 38.3 Å². The van der Waals surface area contributed by atoms with E-state index in [4.69, 9.17) is 21.1 Å². The zero-order valence-electron chi connectivity index (χ0n) is 17.1. The molecule has 1 aromatic heterocycles. The molecule has 0 aliphatic carbocycles. The van der Waals surface area contributed by atoms with Gasteiger partial charge in [-0.1, -0.05) is 53.3 Å². The van der Waals surface area contributed by atoms with Crippen LogP contribution in [-0.2, 0) is 9.53 Å². The highest BCUT2D eigenvalue weighted by atomic mass is 35.5. The molecular weight excluding hydrogens is 436 g/mol. The third kappa shape index (κ3) is 3.82. The van der Waals surface area contributed by atoms with E-state index in [1.807, 2.05) is 30.3 Å². The summed E-state index contributed by atoms with van der Waals surface area (Å²) in [5, 5.41) is 0.548. The average Bonchev–Trinajstić information content (AvgIpc) is 3.08. The molecule has 3 aromatic rings. The monoisotopic (exact) mass is 454 g/mol. The predicted molar refractivity (Wildman–Crippen MR) is 120 cm³/mol. The van der Waals surface area contributed by atoms with Crippen LogP contribution < -0.4 is 19.6 Å². The number of benzene rings is 2. The maximum absolute atomic E-state index is 13.4. The number of carbonyl (C=O) groups excluding carboxylic acids is 1. The van der Waals surface area contributed by atoms with Crippen molar-refractivity contribution >= 4 is 35.0 Å². The molecule has 1 aliphatic rings. The second-order valence-corrected chi connectivity index (χ2v) is 8.28. The van der Waals surface area contributed by atoms with E-state index < -0.39 is 12.0 Å². The van der Waals surface area contributed by atoms with Gasteiger partial charge in [0.25, 0.3) is 5.56 Å². The number of halogens is 1. The Labute approximate surface area is 187 Å². The van der Waals surface area contributed by atoms with Crippen molar-refractivity contribution in [1.29, 1.82) is 0 Å². The maximum atomic E-state index is 13.4. The molecule has 158 valence electrons. The lowest BCUT2D eigenvalue weighted by Gasteiger charge is -2.24. The fourth-order valence-corrected chi connectivity index (χ4v) is 4.76. The van der Waals surface area contributed by atoms with Crippen molar-refractivity contribution in [2.24, 2.45) is 4.99 Å². The van der Waals surface area contributed by atoms with Crippen LogP contribution in [0.4, 0.5) is 0 Å². The molecular formula is C23H19ClN2O4S. The van der Waals surface area contributed by atoms with Crippen LogP contribution in [0.3, 0.4) is 0 Å². The second-order valence-electron chi connectivity index (χ2n) is 6.87. The molecule has 0 fully saturated rings. The minimum absolute atomic E-state index is 0.251. The molecule has 1 unspecified atom stereocenters. The molecule has 6 nitrogen and oxygen atoms in total. The van der Waals surface area contributed by atoms with Crippen molar-refractivity contribution in [3.05, 3.63) is 95.6 Å². The minimum Gasteiger partial charge on any atom is -0.497 e. The summed E-state index contributed by atoms with van der Waals surface area (Å²) in [4.78, 5) is 31.1. The van der Waals surface area contributed by atoms with Crippen LogP contribution in [0.2, 0.25) is 5.02 Å². The zero-order chi connectivity index (χ0) is 22.1. The Morgan fingerprint density at radius 1 is 1.16 bits per heavy atom. The van der Waals surface area contributed by atoms with E-state index in [0.29, 0.717) is 31.4 Å². The number of rotatable bonds is 4. The highest BCUT2D eigenvalue weighted by Gasteiger charge is 2.33. The van der Waals surface area contributed by atoms with Gasteiger partial charge in [0.2, 0.25) is 0 Å². The third-order valence-corrected chi connectivity index (χ3v) is 6.38. The van der Waals surface area contributed by atoms with Crippen molar-refractivity contribution in [2.45, 2.75) is 13.0 Å². The SMILES string of the molecule is COC(=O)C1=C(C)N=c2sc(=Cc3ccccc3Cl)c(=O)n2C1c1ccc(OC)cc1. The van der Waals surface area contributed by atoms with E-state index in [0.717, 1.165) is 11.1 Å². The number of hydrogen-bond acceptors (Lipinski definition) is 6. The van der Waals surface area contributed by atoms with Gasteiger partial charge in [0, 0.05) is 5.02 Å². The fourth-order valence-electron chi connectivity index (χ4n) is 3.53. The number of fused-ring (bicyclic) bond motifs is 1. The summed E-state index contributed by atoms with van der Waals surface area (Å²) in [5.41, 5.74) is 2.07. The van der Waals surface area contributed by atoms with Gasteiger partial charge in [0.05, 0.1) is 36.1 Å². The second kappa shape index (κ2) is 8.53. The summed E-state index contributed by atoms with van der Waals surface area (Å²) in [6, 6.07) is 13.9. The highest BCUT2D eigenvalue weighted by molar-refractivity contribution is 7.07. The molecule has 0 spiro atoms. The molecule has 4 rings (SSSR count). The Balaban J connectivity index is 1.97. The van der Waals surface area contributed by atoms with E-state index >= 15 is 0 Å². The Kier molecular flexibility index (Phi) is 5.80. The van der Waals surface area contributed by atoms with Crippen molar-refractivity contribution in [2.75, 3.05) is 14.2 Å². The summed E-state index contributed by atoms with van der Waals surface area (Å²) < 4.78 is 12.3. The quantitative estimate of drug-likeness (QED) is 0.568. The standard InChI is InChI=1S/C23H19ClN2O4S/c1-13-19(22(28)30-3)20(14-8-10-16(29-2)11-9-14)26-21(27)18(31-23(26)25-13)12-15-6-4-5-7-17(15)24/h4-12,20H,1-3H3. The maximum Gasteiger partial charge on any atom is 0.338 e. The molecule has 2 aromatic carbocycles. The van der Waals surface area contributed by atoms with Gasteiger partial charge < -0.3 is 9.47 Å². The van der Waals surface area contributed by atoms with Crippen LogP contribution in [0, 0.1) is 0 Å². The number of ether oxygens (including phenoxy) is 2. The lowest BCUT2D eigenvalue weighted by molar-refractivity contribution is -0.136. The molecule has 0 amide bonds. The number of hydrogen-bond donors (Lipinski definition) is 0. The Bertz CT molecular complexity index is 1370. The molecule has 1 atom stereocenters. The first-order chi connectivity index (χ1) is 14.9. The van der Waals surface area contributed by atoms with Crippen LogP contribution in [0.5, 0.6) is 5.75 Å². The zero-order valence-corrected chi connectivity index (χ0v) is 18.7. The number of methoxy groups -OCH3 is 2. The van der Waals surface area contributed by atoms with E-state index in [-0.39, 0.29) is 5.56 Å². The van der Waals surface area contributed by atoms with Crippen molar-refractivity contribution in [3.8, 4) is 5.75 Å². The first-order valence-electron chi connectivity index (χ1n) is 9.44.